The second-order valence-electron chi connectivity index (χ2n) is 3.62. The fraction of sp³-hybridized carbons (Fsp3) is 0.200. The van der Waals surface area contributed by atoms with Crippen molar-refractivity contribution in [3.8, 4) is 0 Å². The SMILES string of the molecule is N=C(N)c1ccc2nc(CC(F)(F)F)[nH]c2c1. The van der Waals surface area contributed by atoms with Crippen molar-refractivity contribution in [2.45, 2.75) is 12.6 Å². The second kappa shape index (κ2) is 3.76. The van der Waals surface area contributed by atoms with Crippen molar-refractivity contribution in [2.24, 2.45) is 5.73 Å². The van der Waals surface area contributed by atoms with Crippen LogP contribution in [-0.2, 0) is 6.42 Å². The van der Waals surface area contributed by atoms with Gasteiger partial charge in [0.1, 0.15) is 18.1 Å². The third-order valence-electron chi connectivity index (χ3n) is 2.21. The first-order chi connectivity index (χ1) is 7.85. The topological polar surface area (TPSA) is 78.6 Å². The molecule has 2 rings (SSSR count). The summed E-state index contributed by atoms with van der Waals surface area (Å²) in [6, 6.07) is 4.58. The number of aromatic nitrogens is 2. The maximum Gasteiger partial charge on any atom is 0.396 e. The number of H-pyrrole nitrogens is 1. The predicted molar refractivity (Wildman–Crippen MR) is 56.9 cm³/mol. The lowest BCUT2D eigenvalue weighted by atomic mass is 10.2. The third kappa shape index (κ3) is 2.55. The van der Waals surface area contributed by atoms with Gasteiger partial charge in [0.25, 0.3) is 0 Å². The normalized spacial score (nSPS) is 11.9. The molecule has 0 aliphatic carbocycles. The number of imidazole rings is 1. The summed E-state index contributed by atoms with van der Waals surface area (Å²) in [5.41, 5.74) is 6.59. The molecule has 0 saturated heterocycles. The number of halogens is 3. The third-order valence-corrected chi connectivity index (χ3v) is 2.21. The Balaban J connectivity index is 2.40. The average molecular weight is 242 g/mol. The minimum absolute atomic E-state index is 0.140. The van der Waals surface area contributed by atoms with Gasteiger partial charge >= 0.3 is 6.18 Å². The summed E-state index contributed by atoms with van der Waals surface area (Å²) in [6.07, 6.45) is -5.39. The molecule has 0 spiro atoms. The van der Waals surface area contributed by atoms with E-state index in [0.717, 1.165) is 0 Å². The number of amidine groups is 1. The standard InChI is InChI=1S/C10H9F3N4/c11-10(12,13)4-8-16-6-2-1-5(9(14)15)3-7(6)17-8/h1-3H,4H2,(H3,14,15)(H,16,17). The molecule has 1 aromatic carbocycles. The van der Waals surface area contributed by atoms with Gasteiger partial charge in [0, 0.05) is 5.56 Å². The number of nitrogen functional groups attached to an aromatic ring is 1. The minimum Gasteiger partial charge on any atom is -0.384 e. The molecule has 4 nitrogen and oxygen atoms in total. The molecule has 0 fully saturated rings. The monoisotopic (exact) mass is 242 g/mol. The van der Waals surface area contributed by atoms with Crippen LogP contribution in [0.15, 0.2) is 18.2 Å². The Morgan fingerprint density at radius 2 is 2.12 bits per heavy atom. The van der Waals surface area contributed by atoms with Crippen LogP contribution in [0.25, 0.3) is 11.0 Å². The minimum atomic E-state index is -4.29. The number of aromatic amines is 1. The van der Waals surface area contributed by atoms with Gasteiger partial charge in [0.15, 0.2) is 0 Å². The predicted octanol–water partition coefficient (Wildman–Crippen LogP) is 1.95. The Morgan fingerprint density at radius 3 is 2.71 bits per heavy atom. The highest BCUT2D eigenvalue weighted by molar-refractivity contribution is 5.97. The van der Waals surface area contributed by atoms with E-state index in [4.69, 9.17) is 11.1 Å². The zero-order chi connectivity index (χ0) is 12.6. The number of nitrogens with two attached hydrogens (primary N) is 1. The van der Waals surface area contributed by atoms with E-state index in [2.05, 4.69) is 9.97 Å². The van der Waals surface area contributed by atoms with E-state index in [1.54, 1.807) is 6.07 Å². The van der Waals surface area contributed by atoms with Crippen LogP contribution in [0, 0.1) is 5.41 Å². The van der Waals surface area contributed by atoms with Gasteiger partial charge in [-0.05, 0) is 18.2 Å². The zero-order valence-electron chi connectivity index (χ0n) is 8.60. The van der Waals surface area contributed by atoms with Crippen LogP contribution >= 0.6 is 0 Å². The number of nitrogens with zero attached hydrogens (tertiary/aromatic N) is 1. The zero-order valence-corrected chi connectivity index (χ0v) is 8.60. The lowest BCUT2D eigenvalue weighted by Crippen LogP contribution is -2.12. The van der Waals surface area contributed by atoms with Gasteiger partial charge < -0.3 is 10.7 Å². The number of benzene rings is 1. The summed E-state index contributed by atoms with van der Waals surface area (Å²) >= 11 is 0. The number of nitrogens with one attached hydrogen (secondary N) is 2. The Hall–Kier alpha value is -2.05. The highest BCUT2D eigenvalue weighted by atomic mass is 19.4. The molecule has 17 heavy (non-hydrogen) atoms. The molecule has 0 aliphatic heterocycles. The summed E-state index contributed by atoms with van der Waals surface area (Å²) in [5, 5.41) is 7.23. The van der Waals surface area contributed by atoms with Crippen LogP contribution in [-0.4, -0.2) is 22.0 Å². The Bertz CT molecular complexity index is 570. The van der Waals surface area contributed by atoms with E-state index >= 15 is 0 Å². The van der Waals surface area contributed by atoms with Gasteiger partial charge in [-0.1, -0.05) is 0 Å². The Morgan fingerprint density at radius 1 is 1.41 bits per heavy atom. The fourth-order valence-electron chi connectivity index (χ4n) is 1.50. The van der Waals surface area contributed by atoms with Crippen LogP contribution < -0.4 is 5.73 Å². The molecule has 2 aromatic rings. The molecule has 4 N–H and O–H groups in total. The average Bonchev–Trinajstić information content (AvgIpc) is 2.54. The van der Waals surface area contributed by atoms with Crippen LogP contribution in [0.5, 0.6) is 0 Å². The van der Waals surface area contributed by atoms with E-state index in [1.165, 1.54) is 12.1 Å². The summed E-state index contributed by atoms with van der Waals surface area (Å²) in [5.74, 6) is -0.285. The highest BCUT2D eigenvalue weighted by Crippen LogP contribution is 2.21. The lowest BCUT2D eigenvalue weighted by Gasteiger charge is -2.01. The van der Waals surface area contributed by atoms with E-state index in [1.807, 2.05) is 0 Å². The summed E-state index contributed by atoms with van der Waals surface area (Å²) in [6.45, 7) is 0. The molecule has 0 aliphatic rings. The van der Waals surface area contributed by atoms with E-state index in [9.17, 15) is 13.2 Å². The molecule has 1 aromatic heterocycles. The van der Waals surface area contributed by atoms with Crippen LogP contribution in [0.2, 0.25) is 0 Å². The molecule has 7 heteroatoms. The van der Waals surface area contributed by atoms with Crippen LogP contribution in [0.4, 0.5) is 13.2 Å². The lowest BCUT2D eigenvalue weighted by molar-refractivity contribution is -0.128. The van der Waals surface area contributed by atoms with Crippen molar-refractivity contribution in [2.75, 3.05) is 0 Å². The van der Waals surface area contributed by atoms with E-state index in [0.29, 0.717) is 16.6 Å². The smallest absolute Gasteiger partial charge is 0.384 e. The van der Waals surface area contributed by atoms with Crippen molar-refractivity contribution in [3.63, 3.8) is 0 Å². The number of hydrogen-bond donors (Lipinski definition) is 3. The maximum atomic E-state index is 12.2. The number of hydrogen-bond acceptors (Lipinski definition) is 2. The number of fused-ring (bicyclic) bond motifs is 1. The molecule has 0 amide bonds. The van der Waals surface area contributed by atoms with Gasteiger partial charge in [0.2, 0.25) is 0 Å². The number of rotatable bonds is 2. The molecule has 1 heterocycles. The van der Waals surface area contributed by atoms with Gasteiger partial charge in [-0.15, -0.1) is 0 Å². The molecule has 0 radical (unpaired) electrons. The van der Waals surface area contributed by atoms with Crippen molar-refractivity contribution in [3.05, 3.63) is 29.6 Å². The van der Waals surface area contributed by atoms with E-state index in [-0.39, 0.29) is 11.7 Å². The van der Waals surface area contributed by atoms with Gasteiger partial charge in [-0.25, -0.2) is 4.98 Å². The summed E-state index contributed by atoms with van der Waals surface area (Å²) in [7, 11) is 0. The Labute approximate surface area is 94.2 Å². The number of alkyl halides is 3. The van der Waals surface area contributed by atoms with Gasteiger partial charge in [0.05, 0.1) is 11.0 Å². The second-order valence-corrected chi connectivity index (χ2v) is 3.62. The van der Waals surface area contributed by atoms with Crippen LogP contribution in [0.1, 0.15) is 11.4 Å². The molecule has 90 valence electrons. The van der Waals surface area contributed by atoms with Gasteiger partial charge in [-0.2, -0.15) is 13.2 Å². The maximum absolute atomic E-state index is 12.2. The summed E-state index contributed by atoms with van der Waals surface area (Å²) in [4.78, 5) is 6.38. The molecule has 0 unspecified atom stereocenters. The van der Waals surface area contributed by atoms with E-state index < -0.39 is 12.6 Å². The largest absolute Gasteiger partial charge is 0.396 e. The molecule has 0 atom stereocenters. The first-order valence-corrected chi connectivity index (χ1v) is 4.75. The highest BCUT2D eigenvalue weighted by Gasteiger charge is 2.29. The fourth-order valence-corrected chi connectivity index (χ4v) is 1.50. The molecular weight excluding hydrogens is 233 g/mol. The molecular formula is C10H9F3N4. The first-order valence-electron chi connectivity index (χ1n) is 4.75. The Kier molecular flexibility index (Phi) is 2.53. The molecule has 0 saturated carbocycles. The quantitative estimate of drug-likeness (QED) is 0.556. The summed E-state index contributed by atoms with van der Waals surface area (Å²) < 4.78 is 36.5. The molecule has 0 bridgehead atoms. The van der Waals surface area contributed by atoms with Crippen molar-refractivity contribution < 1.29 is 13.2 Å². The van der Waals surface area contributed by atoms with Crippen molar-refractivity contribution in [1.82, 2.24) is 9.97 Å². The van der Waals surface area contributed by atoms with Crippen molar-refractivity contribution >= 4 is 16.9 Å². The van der Waals surface area contributed by atoms with Gasteiger partial charge in [-0.3, -0.25) is 5.41 Å². The van der Waals surface area contributed by atoms with Crippen LogP contribution in [0.3, 0.4) is 0 Å². The van der Waals surface area contributed by atoms with Crippen molar-refractivity contribution in [1.29, 1.82) is 5.41 Å². The first kappa shape index (κ1) is 11.4.